The smallest absolute Gasteiger partial charge is 0.0974 e. The van der Waals surface area contributed by atoms with Gasteiger partial charge in [0.25, 0.3) is 0 Å². The first-order valence-corrected chi connectivity index (χ1v) is 6.01. The fraction of sp³-hybridized carbons (Fsp3) is 0.667. The van der Waals surface area contributed by atoms with Crippen molar-refractivity contribution in [2.75, 3.05) is 0 Å². The van der Waals surface area contributed by atoms with Crippen LogP contribution in [0.15, 0.2) is 23.1 Å². The number of hydrogen-bond acceptors (Lipinski definition) is 0. The van der Waals surface area contributed by atoms with Crippen molar-refractivity contribution in [1.29, 1.82) is 0 Å². The second kappa shape index (κ2) is 3.64. The molecule has 0 aromatic rings. The zero-order chi connectivity index (χ0) is 10.3. The Kier molecular flexibility index (Phi) is 2.64. The Morgan fingerprint density at radius 2 is 1.21 bits per heavy atom. The molecule has 0 saturated carbocycles. The molecular weight excluding hydrogens is 166 g/mol. The highest BCUT2D eigenvalue weighted by Gasteiger charge is 2.38. The van der Waals surface area contributed by atoms with E-state index in [2.05, 4.69) is 39.8 Å². The molecule has 0 fully saturated rings. The van der Waals surface area contributed by atoms with Gasteiger partial charge in [0, 0.05) is 0 Å². The van der Waals surface area contributed by atoms with Gasteiger partial charge in [-0.05, 0) is 0 Å². The summed E-state index contributed by atoms with van der Waals surface area (Å²) < 4.78 is 0. The van der Waals surface area contributed by atoms with E-state index in [0.29, 0.717) is 0 Å². The van der Waals surface area contributed by atoms with E-state index >= 15 is 0 Å². The molecule has 74 valence electrons. The topological polar surface area (TPSA) is 0 Å². The molecule has 0 aromatic carbocycles. The van der Waals surface area contributed by atoms with E-state index in [0.717, 1.165) is 25.1 Å². The minimum Gasteiger partial charge on any atom is -0.0974 e. The lowest BCUT2D eigenvalue weighted by atomic mass is 9.33. The average Bonchev–Trinajstić information content (AvgIpc) is 2.59. The third-order valence-electron chi connectivity index (χ3n) is 3.93. The summed E-state index contributed by atoms with van der Waals surface area (Å²) in [7, 11) is 0. The Bertz CT molecular complexity index is 257. The van der Waals surface area contributed by atoms with Gasteiger partial charge < -0.3 is 0 Å². The van der Waals surface area contributed by atoms with Gasteiger partial charge >= 0.3 is 0 Å². The SMILES string of the molecule is CC(C)B1CC=C2B(C(C)C)CC=C12. The Labute approximate surface area is 89.0 Å². The lowest BCUT2D eigenvalue weighted by Crippen LogP contribution is -2.19. The molecule has 2 heteroatoms. The van der Waals surface area contributed by atoms with Crippen LogP contribution in [0, 0.1) is 0 Å². The van der Waals surface area contributed by atoms with E-state index in [-0.39, 0.29) is 0 Å². The molecule has 0 bridgehead atoms. The molecule has 0 radical (unpaired) electrons. The van der Waals surface area contributed by atoms with Gasteiger partial charge in [0.1, 0.15) is 0 Å². The summed E-state index contributed by atoms with van der Waals surface area (Å²) >= 11 is 0. The number of rotatable bonds is 2. The summed E-state index contributed by atoms with van der Waals surface area (Å²) in [6.45, 7) is 11.1. The van der Waals surface area contributed by atoms with Crippen LogP contribution >= 0.6 is 0 Å². The summed E-state index contributed by atoms with van der Waals surface area (Å²) in [6.07, 6.45) is 7.60. The first kappa shape index (κ1) is 10.1. The molecular formula is C12H20B2. The second-order valence-corrected chi connectivity index (χ2v) is 5.49. The Balaban J connectivity index is 2.16. The van der Waals surface area contributed by atoms with Gasteiger partial charge in [-0.15, -0.1) is 0 Å². The fourth-order valence-corrected chi connectivity index (χ4v) is 2.99. The summed E-state index contributed by atoms with van der Waals surface area (Å²) in [4.78, 5) is 0. The molecule has 0 nitrogen and oxygen atoms in total. The number of hydrogen-bond donors (Lipinski definition) is 0. The molecule has 2 aliphatic heterocycles. The molecule has 0 unspecified atom stereocenters. The molecule has 0 spiro atoms. The summed E-state index contributed by atoms with van der Waals surface area (Å²) in [5.74, 6) is 1.61. The van der Waals surface area contributed by atoms with Gasteiger partial charge in [-0.25, -0.2) is 0 Å². The largest absolute Gasteiger partial charge is 0.181 e. The second-order valence-electron chi connectivity index (χ2n) is 5.49. The maximum Gasteiger partial charge on any atom is 0.181 e. The maximum absolute atomic E-state index is 2.51. The van der Waals surface area contributed by atoms with Gasteiger partial charge in [-0.2, -0.15) is 0 Å². The van der Waals surface area contributed by atoms with Gasteiger partial charge in [-0.1, -0.05) is 75.1 Å². The number of allylic oxidation sites excluding steroid dienone is 4. The van der Waals surface area contributed by atoms with Crippen molar-refractivity contribution in [3.63, 3.8) is 0 Å². The highest BCUT2D eigenvalue weighted by molar-refractivity contribution is 6.82. The van der Waals surface area contributed by atoms with Gasteiger partial charge in [0.05, 0.1) is 0 Å². The van der Waals surface area contributed by atoms with Crippen molar-refractivity contribution < 1.29 is 0 Å². The third kappa shape index (κ3) is 1.49. The highest BCUT2D eigenvalue weighted by Crippen LogP contribution is 2.41. The molecule has 14 heavy (non-hydrogen) atoms. The van der Waals surface area contributed by atoms with Crippen LogP contribution in [0.5, 0.6) is 0 Å². The van der Waals surface area contributed by atoms with Crippen LogP contribution in [0.3, 0.4) is 0 Å². The molecule has 0 saturated heterocycles. The van der Waals surface area contributed by atoms with Crippen molar-refractivity contribution in [3.05, 3.63) is 23.1 Å². The van der Waals surface area contributed by atoms with Crippen LogP contribution in [-0.4, -0.2) is 13.4 Å². The van der Waals surface area contributed by atoms with E-state index in [4.69, 9.17) is 0 Å². The Hall–Kier alpha value is -0.390. The van der Waals surface area contributed by atoms with Gasteiger partial charge in [-0.3, -0.25) is 0 Å². The zero-order valence-corrected chi connectivity index (χ0v) is 9.88. The standard InChI is InChI=1S/C12H20B2/c1-9(2)13-7-5-12-11(13)6-8-14(12)10(3)4/h5-6,9-10H,7-8H2,1-4H3. The number of fused-ring (bicyclic) bond motifs is 1. The molecule has 0 aromatic heterocycles. The minimum absolute atomic E-state index is 0.806. The van der Waals surface area contributed by atoms with Crippen LogP contribution in [0.25, 0.3) is 0 Å². The van der Waals surface area contributed by atoms with E-state index in [9.17, 15) is 0 Å². The average molecular weight is 186 g/mol. The van der Waals surface area contributed by atoms with Crippen molar-refractivity contribution in [3.8, 4) is 0 Å². The molecule has 0 aliphatic carbocycles. The Morgan fingerprint density at radius 1 is 0.857 bits per heavy atom. The summed E-state index contributed by atoms with van der Waals surface area (Å²) in [5.41, 5.74) is 3.39. The normalized spacial score (nSPS) is 20.7. The molecule has 0 amide bonds. The lowest BCUT2D eigenvalue weighted by molar-refractivity contribution is 1.04. The van der Waals surface area contributed by atoms with Gasteiger partial charge in [0.15, 0.2) is 13.4 Å². The zero-order valence-electron chi connectivity index (χ0n) is 9.88. The fourth-order valence-electron chi connectivity index (χ4n) is 2.99. The highest BCUT2D eigenvalue weighted by atomic mass is 14.1. The predicted molar refractivity (Wildman–Crippen MR) is 67.5 cm³/mol. The van der Waals surface area contributed by atoms with Crippen molar-refractivity contribution in [1.82, 2.24) is 0 Å². The van der Waals surface area contributed by atoms with Gasteiger partial charge in [0.2, 0.25) is 0 Å². The monoisotopic (exact) mass is 186 g/mol. The quantitative estimate of drug-likeness (QED) is 0.575. The van der Waals surface area contributed by atoms with Crippen molar-refractivity contribution in [2.24, 2.45) is 0 Å². The van der Waals surface area contributed by atoms with Crippen molar-refractivity contribution >= 4 is 13.4 Å². The van der Waals surface area contributed by atoms with Crippen molar-refractivity contribution in [2.45, 2.75) is 52.0 Å². The predicted octanol–water partition coefficient (Wildman–Crippen LogP) is 3.75. The van der Waals surface area contributed by atoms with E-state index in [1.165, 1.54) is 12.6 Å². The first-order chi connectivity index (χ1) is 6.61. The van der Waals surface area contributed by atoms with E-state index < -0.39 is 0 Å². The van der Waals surface area contributed by atoms with E-state index in [1.807, 2.05) is 0 Å². The Morgan fingerprint density at radius 3 is 1.50 bits per heavy atom. The first-order valence-electron chi connectivity index (χ1n) is 6.01. The summed E-state index contributed by atoms with van der Waals surface area (Å²) in [6, 6.07) is 0. The van der Waals surface area contributed by atoms with Crippen LogP contribution < -0.4 is 0 Å². The molecule has 0 atom stereocenters. The molecule has 2 heterocycles. The summed E-state index contributed by atoms with van der Waals surface area (Å²) in [5, 5.41) is 0. The maximum atomic E-state index is 2.51. The molecule has 2 rings (SSSR count). The minimum atomic E-state index is 0.806. The van der Waals surface area contributed by atoms with Crippen LogP contribution in [0.1, 0.15) is 27.7 Å². The van der Waals surface area contributed by atoms with Crippen LogP contribution in [0.2, 0.25) is 24.3 Å². The van der Waals surface area contributed by atoms with Crippen LogP contribution in [0.4, 0.5) is 0 Å². The third-order valence-corrected chi connectivity index (χ3v) is 3.93. The van der Waals surface area contributed by atoms with Crippen LogP contribution in [-0.2, 0) is 0 Å². The molecule has 2 aliphatic rings. The van der Waals surface area contributed by atoms with E-state index in [1.54, 1.807) is 10.9 Å². The molecule has 0 N–H and O–H groups in total. The lowest BCUT2D eigenvalue weighted by Gasteiger charge is -2.15.